The van der Waals surface area contributed by atoms with Crippen LogP contribution in [0, 0.1) is 17.8 Å². The highest BCUT2D eigenvalue weighted by Gasteiger charge is 2.35. The lowest BCUT2D eigenvalue weighted by Gasteiger charge is -2.39. The van der Waals surface area contributed by atoms with E-state index >= 15 is 0 Å². The Morgan fingerprint density at radius 2 is 1.55 bits per heavy atom. The van der Waals surface area contributed by atoms with Gasteiger partial charge in [-0.05, 0) is 54.0 Å². The number of hydrogen-bond acceptors (Lipinski definition) is 3. The van der Waals surface area contributed by atoms with Crippen molar-refractivity contribution in [2.24, 2.45) is 17.8 Å². The average Bonchev–Trinajstić information content (AvgIpc) is 2.72. The maximum Gasteiger partial charge on any atom is 0.243 e. The van der Waals surface area contributed by atoms with Crippen LogP contribution in [0.25, 0.3) is 10.8 Å². The molecule has 0 N–H and O–H groups in total. The second-order valence-electron chi connectivity index (χ2n) is 8.88. The van der Waals surface area contributed by atoms with E-state index in [2.05, 4.69) is 13.8 Å². The number of nitrogens with zero attached hydrogens (tertiary/aromatic N) is 2. The van der Waals surface area contributed by atoms with Gasteiger partial charge in [0, 0.05) is 32.1 Å². The van der Waals surface area contributed by atoms with Crippen molar-refractivity contribution in [1.82, 2.24) is 9.21 Å². The number of benzene rings is 2. The lowest BCUT2D eigenvalue weighted by atomic mass is 9.89. The average molecular weight is 415 g/mol. The fraction of sp³-hybridized carbons (Fsp3) is 0.522. The van der Waals surface area contributed by atoms with Gasteiger partial charge in [-0.15, -0.1) is 0 Å². The van der Waals surface area contributed by atoms with Crippen molar-refractivity contribution in [3.8, 4) is 0 Å². The van der Waals surface area contributed by atoms with Gasteiger partial charge in [0.05, 0.1) is 4.90 Å². The van der Waals surface area contributed by atoms with Crippen LogP contribution in [-0.2, 0) is 14.8 Å². The van der Waals surface area contributed by atoms with Crippen LogP contribution in [-0.4, -0.2) is 49.7 Å². The third-order valence-corrected chi connectivity index (χ3v) is 8.24. The second kappa shape index (κ2) is 8.07. The summed E-state index contributed by atoms with van der Waals surface area (Å²) in [5.74, 6) is 1.23. The van der Waals surface area contributed by atoms with E-state index in [0.717, 1.165) is 23.9 Å². The first-order valence-corrected chi connectivity index (χ1v) is 12.1. The number of piperidine rings is 2. The van der Waals surface area contributed by atoms with Crippen LogP contribution in [0.2, 0.25) is 0 Å². The number of hydrogen-bond donors (Lipinski definition) is 0. The predicted molar refractivity (Wildman–Crippen MR) is 115 cm³/mol. The molecule has 2 aromatic rings. The quantitative estimate of drug-likeness (QED) is 0.769. The highest BCUT2D eigenvalue weighted by molar-refractivity contribution is 7.89. The van der Waals surface area contributed by atoms with E-state index in [-0.39, 0.29) is 11.8 Å². The van der Waals surface area contributed by atoms with E-state index in [0.29, 0.717) is 42.7 Å². The van der Waals surface area contributed by atoms with Crippen molar-refractivity contribution >= 4 is 26.7 Å². The molecule has 2 aromatic carbocycles. The largest absolute Gasteiger partial charge is 0.342 e. The second-order valence-corrected chi connectivity index (χ2v) is 10.8. The lowest BCUT2D eigenvalue weighted by molar-refractivity contribution is -0.139. The zero-order valence-corrected chi connectivity index (χ0v) is 18.1. The van der Waals surface area contributed by atoms with Gasteiger partial charge in [-0.1, -0.05) is 44.2 Å². The molecular formula is C23H30N2O3S. The highest BCUT2D eigenvalue weighted by Crippen LogP contribution is 2.29. The van der Waals surface area contributed by atoms with Crippen LogP contribution in [0.5, 0.6) is 0 Å². The fourth-order valence-corrected chi connectivity index (χ4v) is 6.43. The van der Waals surface area contributed by atoms with Crippen molar-refractivity contribution in [2.75, 3.05) is 26.2 Å². The standard InChI is InChI=1S/C23H30N2O3S/c1-17-13-18(2)16-24(15-17)23(26)20-9-11-25(12-10-20)29(27,28)22-8-7-19-5-3-4-6-21(19)14-22/h3-8,14,17-18,20H,9-13,15-16H2,1-2H3. The minimum absolute atomic E-state index is 0.0597. The molecule has 156 valence electrons. The van der Waals surface area contributed by atoms with Crippen LogP contribution < -0.4 is 0 Å². The van der Waals surface area contributed by atoms with Gasteiger partial charge >= 0.3 is 0 Å². The Morgan fingerprint density at radius 3 is 2.21 bits per heavy atom. The van der Waals surface area contributed by atoms with Gasteiger partial charge in [-0.25, -0.2) is 8.42 Å². The van der Waals surface area contributed by atoms with Gasteiger partial charge in [0.2, 0.25) is 15.9 Å². The number of amides is 1. The van der Waals surface area contributed by atoms with Crippen molar-refractivity contribution < 1.29 is 13.2 Å². The Hall–Kier alpha value is -1.92. The van der Waals surface area contributed by atoms with Crippen molar-refractivity contribution in [2.45, 2.75) is 38.0 Å². The number of fused-ring (bicyclic) bond motifs is 1. The van der Waals surface area contributed by atoms with Gasteiger partial charge in [0.25, 0.3) is 0 Å². The molecule has 0 spiro atoms. The first kappa shape index (κ1) is 20.4. The van der Waals surface area contributed by atoms with Gasteiger partial charge < -0.3 is 4.90 Å². The fourth-order valence-electron chi connectivity index (χ4n) is 4.92. The van der Waals surface area contributed by atoms with Crippen LogP contribution >= 0.6 is 0 Å². The Kier molecular flexibility index (Phi) is 5.67. The Bertz CT molecular complexity index is 986. The van der Waals surface area contributed by atoms with Gasteiger partial charge in [0.15, 0.2) is 0 Å². The van der Waals surface area contributed by atoms with Crippen LogP contribution in [0.1, 0.15) is 33.1 Å². The lowest BCUT2D eigenvalue weighted by Crippen LogP contribution is -2.48. The van der Waals surface area contributed by atoms with Crippen molar-refractivity contribution in [3.63, 3.8) is 0 Å². The van der Waals surface area contributed by atoms with Crippen LogP contribution in [0.15, 0.2) is 47.4 Å². The molecule has 2 unspecified atom stereocenters. The minimum atomic E-state index is -3.54. The predicted octanol–water partition coefficient (Wildman–Crippen LogP) is 3.75. The molecule has 0 radical (unpaired) electrons. The molecular weight excluding hydrogens is 384 g/mol. The molecule has 2 heterocycles. The summed E-state index contributed by atoms with van der Waals surface area (Å²) in [7, 11) is -3.54. The van der Waals surface area contributed by atoms with Crippen molar-refractivity contribution in [1.29, 1.82) is 0 Å². The summed E-state index contributed by atoms with van der Waals surface area (Å²) < 4.78 is 27.8. The molecule has 0 bridgehead atoms. The summed E-state index contributed by atoms with van der Waals surface area (Å²) in [4.78, 5) is 15.3. The maximum atomic E-state index is 13.1. The summed E-state index contributed by atoms with van der Waals surface area (Å²) in [6.07, 6.45) is 2.38. The van der Waals surface area contributed by atoms with E-state index in [4.69, 9.17) is 0 Å². The van der Waals surface area contributed by atoms with Gasteiger partial charge in [0.1, 0.15) is 0 Å². The Balaban J connectivity index is 1.43. The summed E-state index contributed by atoms with van der Waals surface area (Å²) >= 11 is 0. The molecule has 2 atom stereocenters. The maximum absolute atomic E-state index is 13.1. The van der Waals surface area contributed by atoms with E-state index in [1.54, 1.807) is 16.4 Å². The van der Waals surface area contributed by atoms with E-state index in [1.807, 2.05) is 35.2 Å². The molecule has 2 aliphatic heterocycles. The first-order chi connectivity index (χ1) is 13.8. The molecule has 0 aliphatic carbocycles. The molecule has 2 saturated heterocycles. The normalized spacial score (nSPS) is 24.7. The molecule has 5 nitrogen and oxygen atoms in total. The zero-order valence-electron chi connectivity index (χ0n) is 17.3. The SMILES string of the molecule is CC1CC(C)CN(C(=O)C2CCN(S(=O)(=O)c3ccc4ccccc4c3)CC2)C1. The van der Waals surface area contributed by atoms with E-state index in [9.17, 15) is 13.2 Å². The molecule has 1 amide bonds. The first-order valence-electron chi connectivity index (χ1n) is 10.6. The molecule has 6 heteroatoms. The summed E-state index contributed by atoms with van der Waals surface area (Å²) in [6.45, 7) is 6.88. The molecule has 0 saturated carbocycles. The monoisotopic (exact) mass is 414 g/mol. The molecule has 2 fully saturated rings. The zero-order chi connectivity index (χ0) is 20.6. The van der Waals surface area contributed by atoms with Crippen molar-refractivity contribution in [3.05, 3.63) is 42.5 Å². The summed E-state index contributed by atoms with van der Waals surface area (Å²) in [5.41, 5.74) is 0. The topological polar surface area (TPSA) is 57.7 Å². The number of rotatable bonds is 3. The third-order valence-electron chi connectivity index (χ3n) is 6.34. The Morgan fingerprint density at radius 1 is 0.931 bits per heavy atom. The molecule has 0 aromatic heterocycles. The summed E-state index contributed by atoms with van der Waals surface area (Å²) in [5, 5.41) is 1.95. The van der Waals surface area contributed by atoms with Gasteiger partial charge in [-0.2, -0.15) is 4.31 Å². The Labute approximate surface area is 173 Å². The van der Waals surface area contributed by atoms with E-state index in [1.165, 1.54) is 6.42 Å². The number of sulfonamides is 1. The minimum Gasteiger partial charge on any atom is -0.342 e. The molecule has 4 rings (SSSR count). The third kappa shape index (κ3) is 4.19. The van der Waals surface area contributed by atoms with Crippen LogP contribution in [0.4, 0.5) is 0 Å². The van der Waals surface area contributed by atoms with E-state index < -0.39 is 10.0 Å². The number of carbonyl (C=O) groups is 1. The number of carbonyl (C=O) groups excluding carboxylic acids is 1. The number of likely N-dealkylation sites (tertiary alicyclic amines) is 1. The molecule has 2 aliphatic rings. The van der Waals surface area contributed by atoms with Crippen LogP contribution in [0.3, 0.4) is 0 Å². The van der Waals surface area contributed by atoms with Gasteiger partial charge in [-0.3, -0.25) is 4.79 Å². The summed E-state index contributed by atoms with van der Waals surface area (Å²) in [6, 6.07) is 13.1. The highest BCUT2D eigenvalue weighted by atomic mass is 32.2. The molecule has 29 heavy (non-hydrogen) atoms. The smallest absolute Gasteiger partial charge is 0.243 e.